The summed E-state index contributed by atoms with van der Waals surface area (Å²) in [5.41, 5.74) is 13.5. The van der Waals surface area contributed by atoms with Crippen molar-refractivity contribution in [3.63, 3.8) is 0 Å². The molecule has 32 heavy (non-hydrogen) atoms. The third kappa shape index (κ3) is 9.38. The third-order valence-corrected chi connectivity index (χ3v) is 4.34. The maximum absolute atomic E-state index is 12.8. The normalized spacial score (nSPS) is 15.4. The Balaban J connectivity index is 0.00000118. The van der Waals surface area contributed by atoms with Crippen LogP contribution in [0.1, 0.15) is 44.7 Å². The van der Waals surface area contributed by atoms with Gasteiger partial charge in [-0.2, -0.15) is 0 Å². The van der Waals surface area contributed by atoms with Gasteiger partial charge in [-0.15, -0.1) is 0 Å². The third-order valence-electron chi connectivity index (χ3n) is 4.34. The first-order valence-corrected chi connectivity index (χ1v) is 10.5. The molecule has 0 aromatic carbocycles. The predicted molar refractivity (Wildman–Crippen MR) is 129 cm³/mol. The SMILES string of the molecule is C=C(N)/C=C(\N=C(/C)C(F)F)Nc1cc(C)c(/C(C=NC2COC2)=C/N)cn1.CCCC. The minimum Gasteiger partial charge on any atom is -0.404 e. The number of nitrogens with one attached hydrogen (secondary N) is 1. The van der Waals surface area contributed by atoms with Crippen molar-refractivity contribution < 1.29 is 13.5 Å². The van der Waals surface area contributed by atoms with E-state index in [-0.39, 0.29) is 23.3 Å². The minimum absolute atomic E-state index is 0.117. The molecule has 7 nitrogen and oxygen atoms in total. The number of hydrogen-bond acceptors (Lipinski definition) is 7. The fourth-order valence-corrected chi connectivity index (χ4v) is 2.27. The largest absolute Gasteiger partial charge is 0.404 e. The Bertz CT molecular complexity index is 871. The quantitative estimate of drug-likeness (QED) is 0.383. The van der Waals surface area contributed by atoms with E-state index in [9.17, 15) is 8.78 Å². The van der Waals surface area contributed by atoms with Crippen LogP contribution in [-0.4, -0.2) is 42.6 Å². The summed E-state index contributed by atoms with van der Waals surface area (Å²) in [5.74, 6) is 0.534. The summed E-state index contributed by atoms with van der Waals surface area (Å²) in [7, 11) is 0. The second kappa shape index (κ2) is 14.1. The summed E-state index contributed by atoms with van der Waals surface area (Å²) in [6.45, 7) is 12.2. The van der Waals surface area contributed by atoms with E-state index < -0.39 is 6.43 Å². The number of aryl methyl sites for hydroxylation is 1. The lowest BCUT2D eigenvalue weighted by Gasteiger charge is -2.21. The summed E-state index contributed by atoms with van der Waals surface area (Å²) in [6.07, 6.45) is 6.10. The maximum Gasteiger partial charge on any atom is 0.276 e. The van der Waals surface area contributed by atoms with Crippen LogP contribution in [0.4, 0.5) is 14.6 Å². The van der Waals surface area contributed by atoms with E-state index in [0.29, 0.717) is 19.0 Å². The molecule has 1 aromatic rings. The lowest BCUT2D eigenvalue weighted by Crippen LogP contribution is -2.31. The number of ether oxygens (including phenoxy) is 1. The Labute approximate surface area is 189 Å². The van der Waals surface area contributed by atoms with Crippen LogP contribution < -0.4 is 16.8 Å². The number of alkyl halides is 2. The van der Waals surface area contributed by atoms with Crippen LogP contribution in [0.5, 0.6) is 0 Å². The average molecular weight is 449 g/mol. The number of nitrogens with zero attached hydrogens (tertiary/aromatic N) is 3. The zero-order valence-corrected chi connectivity index (χ0v) is 19.2. The second-order valence-corrected chi connectivity index (χ2v) is 7.26. The maximum atomic E-state index is 12.8. The van der Waals surface area contributed by atoms with Gasteiger partial charge in [0.2, 0.25) is 0 Å². The molecule has 1 aromatic heterocycles. The molecule has 2 rings (SSSR count). The summed E-state index contributed by atoms with van der Waals surface area (Å²) in [5, 5.41) is 2.88. The molecule has 2 heterocycles. The number of rotatable bonds is 9. The van der Waals surface area contributed by atoms with Gasteiger partial charge < -0.3 is 21.5 Å². The lowest BCUT2D eigenvalue weighted by molar-refractivity contribution is 0.0136. The molecular weight excluding hydrogens is 414 g/mol. The molecule has 1 saturated heterocycles. The van der Waals surface area contributed by atoms with Gasteiger partial charge in [0.05, 0.1) is 25.0 Å². The van der Waals surface area contributed by atoms with Crippen molar-refractivity contribution in [2.45, 2.75) is 53.0 Å². The van der Waals surface area contributed by atoms with Crippen molar-refractivity contribution in [1.29, 1.82) is 0 Å². The van der Waals surface area contributed by atoms with E-state index in [1.54, 1.807) is 18.5 Å². The molecular formula is C23H34F2N6O. The highest BCUT2D eigenvalue weighted by atomic mass is 19.3. The zero-order chi connectivity index (χ0) is 24.1. The van der Waals surface area contributed by atoms with Crippen molar-refractivity contribution in [2.75, 3.05) is 18.5 Å². The van der Waals surface area contributed by atoms with E-state index >= 15 is 0 Å². The minimum atomic E-state index is -2.68. The summed E-state index contributed by atoms with van der Waals surface area (Å²) in [4.78, 5) is 12.6. The van der Waals surface area contributed by atoms with Crippen LogP contribution in [0.2, 0.25) is 0 Å². The van der Waals surface area contributed by atoms with Crippen molar-refractivity contribution in [1.82, 2.24) is 4.98 Å². The molecule has 0 radical (unpaired) electrons. The van der Waals surface area contributed by atoms with Crippen molar-refractivity contribution in [3.8, 4) is 0 Å². The van der Waals surface area contributed by atoms with Crippen LogP contribution in [0.15, 0.2) is 52.6 Å². The van der Waals surface area contributed by atoms with Crippen LogP contribution >= 0.6 is 0 Å². The fraction of sp³-hybridized carbons (Fsp3) is 0.435. The number of allylic oxidation sites excluding steroid dienone is 2. The Morgan fingerprint density at radius 3 is 2.47 bits per heavy atom. The number of aromatic nitrogens is 1. The molecule has 5 N–H and O–H groups in total. The van der Waals surface area contributed by atoms with Crippen LogP contribution in [0.3, 0.4) is 0 Å². The Kier molecular flexibility index (Phi) is 11.9. The summed E-state index contributed by atoms with van der Waals surface area (Å²) >= 11 is 0. The van der Waals surface area contributed by atoms with Gasteiger partial charge in [0, 0.05) is 41.5 Å². The van der Waals surface area contributed by atoms with E-state index in [4.69, 9.17) is 16.2 Å². The molecule has 176 valence electrons. The first-order valence-electron chi connectivity index (χ1n) is 10.5. The first kappa shape index (κ1) is 27.0. The molecule has 0 spiro atoms. The molecule has 9 heteroatoms. The summed E-state index contributed by atoms with van der Waals surface area (Å²) < 4.78 is 30.6. The van der Waals surface area contributed by atoms with Crippen molar-refractivity contribution >= 4 is 23.3 Å². The molecule has 0 atom stereocenters. The molecule has 0 saturated carbocycles. The van der Waals surface area contributed by atoms with Gasteiger partial charge in [0.15, 0.2) is 0 Å². The van der Waals surface area contributed by atoms with Gasteiger partial charge in [0.25, 0.3) is 6.43 Å². The van der Waals surface area contributed by atoms with Crippen molar-refractivity contribution in [2.24, 2.45) is 21.5 Å². The van der Waals surface area contributed by atoms with Crippen LogP contribution in [0, 0.1) is 6.92 Å². The Morgan fingerprint density at radius 2 is 2.03 bits per heavy atom. The number of halogens is 2. The van der Waals surface area contributed by atoms with Gasteiger partial charge in [0.1, 0.15) is 11.6 Å². The van der Waals surface area contributed by atoms with Gasteiger partial charge in [-0.05, 0) is 25.5 Å². The second-order valence-electron chi connectivity index (χ2n) is 7.26. The number of nitrogens with two attached hydrogens (primary N) is 2. The van der Waals surface area contributed by atoms with Gasteiger partial charge in [-0.1, -0.05) is 33.3 Å². The highest BCUT2D eigenvalue weighted by Crippen LogP contribution is 2.20. The monoisotopic (exact) mass is 448 g/mol. The van der Waals surface area contributed by atoms with Crippen LogP contribution in [0.25, 0.3) is 5.57 Å². The fourth-order valence-electron chi connectivity index (χ4n) is 2.27. The number of hydrogen-bond donors (Lipinski definition) is 3. The van der Waals surface area contributed by atoms with Gasteiger partial charge in [-0.25, -0.2) is 18.8 Å². The first-order chi connectivity index (χ1) is 15.2. The molecule has 0 bridgehead atoms. The molecule has 1 aliphatic rings. The number of aliphatic imine (C=N–C) groups is 2. The van der Waals surface area contributed by atoms with E-state index in [1.165, 1.54) is 32.0 Å². The molecule has 1 aliphatic heterocycles. The number of pyridine rings is 1. The standard InChI is InChI=1S/C19H24F2N6O.C4H10/c1-11-4-17(27-18(5-12(2)23)26-13(3)19(20)21)25-8-16(11)14(6-22)7-24-15-9-28-10-15;1-3-4-2/h4-8,15,19H,2,9-10,22-23H2,1,3H3,(H,25,27);3-4H2,1-2H3/b14-6+,18-5+,24-7?,26-13+;. The molecule has 0 amide bonds. The highest BCUT2D eigenvalue weighted by molar-refractivity contribution is 6.10. The van der Waals surface area contributed by atoms with Gasteiger partial charge in [-0.3, -0.25) is 4.99 Å². The molecule has 0 unspecified atom stereocenters. The Hall–Kier alpha value is -3.07. The number of unbranched alkanes of at least 4 members (excludes halogenated alkanes) is 1. The van der Waals surface area contributed by atoms with Crippen molar-refractivity contribution in [3.05, 3.63) is 53.8 Å². The van der Waals surface area contributed by atoms with E-state index in [0.717, 1.165) is 16.7 Å². The van der Waals surface area contributed by atoms with Gasteiger partial charge >= 0.3 is 0 Å². The zero-order valence-electron chi connectivity index (χ0n) is 19.2. The average Bonchev–Trinajstić information content (AvgIpc) is 2.70. The Morgan fingerprint density at radius 1 is 1.38 bits per heavy atom. The molecule has 1 fully saturated rings. The number of anilines is 1. The summed E-state index contributed by atoms with van der Waals surface area (Å²) in [6, 6.07) is 1.90. The van der Waals surface area contributed by atoms with E-state index in [2.05, 4.69) is 40.7 Å². The smallest absolute Gasteiger partial charge is 0.276 e. The van der Waals surface area contributed by atoms with Crippen LogP contribution in [-0.2, 0) is 4.74 Å². The highest BCUT2D eigenvalue weighted by Gasteiger charge is 2.16. The topological polar surface area (TPSA) is 111 Å². The predicted octanol–water partition coefficient (Wildman–Crippen LogP) is 4.42. The molecule has 0 aliphatic carbocycles. The lowest BCUT2D eigenvalue weighted by atomic mass is 10.0. The van der Waals surface area contributed by atoms with E-state index in [1.807, 2.05) is 6.92 Å².